The number of hydrogen-bond acceptors (Lipinski definition) is 4. The molecule has 1 fully saturated rings. The van der Waals surface area contributed by atoms with Crippen LogP contribution in [0, 0.1) is 13.8 Å². The van der Waals surface area contributed by atoms with E-state index in [4.69, 9.17) is 9.47 Å². The molecular formula is C17H25NO3. The van der Waals surface area contributed by atoms with E-state index >= 15 is 0 Å². The molecule has 1 heterocycles. The minimum Gasteiger partial charge on any atom is -0.465 e. The van der Waals surface area contributed by atoms with E-state index in [1.165, 1.54) is 5.56 Å². The monoisotopic (exact) mass is 291 g/mol. The summed E-state index contributed by atoms with van der Waals surface area (Å²) in [5.74, 6) is -0.220. The van der Waals surface area contributed by atoms with Crippen LogP contribution in [0.3, 0.4) is 0 Å². The van der Waals surface area contributed by atoms with Gasteiger partial charge in [0.15, 0.2) is 0 Å². The Bertz CT molecular complexity index is 481. The van der Waals surface area contributed by atoms with Gasteiger partial charge in [0.1, 0.15) is 6.04 Å². The van der Waals surface area contributed by atoms with Crippen LogP contribution < -0.4 is 5.32 Å². The van der Waals surface area contributed by atoms with Crippen molar-refractivity contribution in [2.24, 2.45) is 0 Å². The smallest absolute Gasteiger partial charge is 0.327 e. The van der Waals surface area contributed by atoms with Gasteiger partial charge in [-0.25, -0.2) is 4.79 Å². The fraction of sp³-hybridized carbons (Fsp3) is 0.588. The lowest BCUT2D eigenvalue weighted by Crippen LogP contribution is -2.36. The quantitative estimate of drug-likeness (QED) is 0.819. The molecule has 1 saturated heterocycles. The molecule has 2 atom stereocenters. The van der Waals surface area contributed by atoms with E-state index in [0.717, 1.165) is 30.6 Å². The standard InChI is InChI=1S/C17H25NO3/c1-4-20-17(19)16(18-11-14-6-5-9-21-14)15-8-7-12(2)10-13(15)3/h7-8,10,14,16,18H,4-6,9,11H2,1-3H3. The third kappa shape index (κ3) is 4.29. The molecular weight excluding hydrogens is 266 g/mol. The molecule has 1 aromatic rings. The van der Waals surface area contributed by atoms with Gasteiger partial charge in [0, 0.05) is 13.2 Å². The first-order chi connectivity index (χ1) is 10.1. The van der Waals surface area contributed by atoms with E-state index in [1.54, 1.807) is 0 Å². The highest BCUT2D eigenvalue weighted by molar-refractivity contribution is 5.78. The summed E-state index contributed by atoms with van der Waals surface area (Å²) in [7, 11) is 0. The van der Waals surface area contributed by atoms with Crippen LogP contribution in [0.4, 0.5) is 0 Å². The van der Waals surface area contributed by atoms with Crippen LogP contribution in [0.2, 0.25) is 0 Å². The molecule has 2 unspecified atom stereocenters. The number of aryl methyl sites for hydroxylation is 2. The van der Waals surface area contributed by atoms with E-state index in [0.29, 0.717) is 13.2 Å². The summed E-state index contributed by atoms with van der Waals surface area (Å²) in [6, 6.07) is 5.71. The zero-order valence-corrected chi connectivity index (χ0v) is 13.1. The summed E-state index contributed by atoms with van der Waals surface area (Å²) in [6.07, 6.45) is 2.35. The maximum Gasteiger partial charge on any atom is 0.327 e. The summed E-state index contributed by atoms with van der Waals surface area (Å²) in [4.78, 5) is 12.3. The second kappa shape index (κ2) is 7.57. The first-order valence-corrected chi connectivity index (χ1v) is 7.70. The summed E-state index contributed by atoms with van der Waals surface area (Å²) < 4.78 is 10.8. The van der Waals surface area contributed by atoms with Gasteiger partial charge in [-0.15, -0.1) is 0 Å². The Hall–Kier alpha value is -1.39. The number of carbonyl (C=O) groups excluding carboxylic acids is 1. The van der Waals surface area contributed by atoms with Gasteiger partial charge in [0.05, 0.1) is 12.7 Å². The fourth-order valence-corrected chi connectivity index (χ4v) is 2.75. The van der Waals surface area contributed by atoms with E-state index in [9.17, 15) is 4.79 Å². The summed E-state index contributed by atoms with van der Waals surface area (Å²) in [6.45, 7) is 7.80. The molecule has 1 aliphatic rings. The third-order valence-electron chi connectivity index (χ3n) is 3.83. The van der Waals surface area contributed by atoms with Crippen molar-refractivity contribution < 1.29 is 14.3 Å². The molecule has 4 heteroatoms. The average Bonchev–Trinajstić information content (AvgIpc) is 2.94. The Balaban J connectivity index is 2.12. The molecule has 0 spiro atoms. The SMILES string of the molecule is CCOC(=O)C(NCC1CCCO1)c1ccc(C)cc1C. The Morgan fingerprint density at radius 2 is 2.29 bits per heavy atom. The molecule has 4 nitrogen and oxygen atoms in total. The average molecular weight is 291 g/mol. The molecule has 21 heavy (non-hydrogen) atoms. The summed E-state index contributed by atoms with van der Waals surface area (Å²) in [5.41, 5.74) is 3.28. The molecule has 0 aromatic heterocycles. The zero-order valence-electron chi connectivity index (χ0n) is 13.1. The second-order valence-corrected chi connectivity index (χ2v) is 5.59. The highest BCUT2D eigenvalue weighted by Gasteiger charge is 2.25. The predicted molar refractivity (Wildman–Crippen MR) is 82.3 cm³/mol. The molecule has 0 bridgehead atoms. The lowest BCUT2D eigenvalue weighted by molar-refractivity contribution is -0.146. The molecule has 1 aromatic carbocycles. The van der Waals surface area contributed by atoms with E-state index < -0.39 is 6.04 Å². The molecule has 1 aliphatic heterocycles. The molecule has 0 amide bonds. The van der Waals surface area contributed by atoms with Crippen molar-refractivity contribution in [3.8, 4) is 0 Å². The van der Waals surface area contributed by atoms with Crippen molar-refractivity contribution >= 4 is 5.97 Å². The van der Waals surface area contributed by atoms with Gasteiger partial charge in [-0.2, -0.15) is 0 Å². The number of hydrogen-bond donors (Lipinski definition) is 1. The maximum absolute atomic E-state index is 12.3. The van der Waals surface area contributed by atoms with Crippen LogP contribution in [-0.4, -0.2) is 31.8 Å². The van der Waals surface area contributed by atoms with Gasteiger partial charge in [-0.3, -0.25) is 5.32 Å². The van der Waals surface area contributed by atoms with Gasteiger partial charge in [-0.05, 0) is 44.7 Å². The molecule has 0 radical (unpaired) electrons. The Morgan fingerprint density at radius 1 is 1.48 bits per heavy atom. The van der Waals surface area contributed by atoms with E-state index in [-0.39, 0.29) is 12.1 Å². The van der Waals surface area contributed by atoms with E-state index in [2.05, 4.69) is 18.3 Å². The van der Waals surface area contributed by atoms with Crippen molar-refractivity contribution in [2.75, 3.05) is 19.8 Å². The van der Waals surface area contributed by atoms with Crippen LogP contribution >= 0.6 is 0 Å². The highest BCUT2D eigenvalue weighted by atomic mass is 16.5. The largest absolute Gasteiger partial charge is 0.465 e. The third-order valence-corrected chi connectivity index (χ3v) is 3.83. The van der Waals surface area contributed by atoms with Crippen LogP contribution in [0.25, 0.3) is 0 Å². The molecule has 0 aliphatic carbocycles. The van der Waals surface area contributed by atoms with Crippen LogP contribution in [0.15, 0.2) is 18.2 Å². The lowest BCUT2D eigenvalue weighted by Gasteiger charge is -2.21. The number of esters is 1. The van der Waals surface area contributed by atoms with Gasteiger partial charge < -0.3 is 9.47 Å². The van der Waals surface area contributed by atoms with Crippen molar-refractivity contribution in [1.29, 1.82) is 0 Å². The zero-order chi connectivity index (χ0) is 15.2. The predicted octanol–water partition coefficient (Wildman–Crippen LogP) is 2.68. The van der Waals surface area contributed by atoms with Crippen molar-refractivity contribution in [3.05, 3.63) is 34.9 Å². The molecule has 2 rings (SSSR count). The summed E-state index contributed by atoms with van der Waals surface area (Å²) in [5, 5.41) is 3.32. The highest BCUT2D eigenvalue weighted by Crippen LogP contribution is 2.21. The Kier molecular flexibility index (Phi) is 5.76. The number of rotatable bonds is 6. The van der Waals surface area contributed by atoms with Crippen molar-refractivity contribution in [1.82, 2.24) is 5.32 Å². The van der Waals surface area contributed by atoms with Gasteiger partial charge in [0.25, 0.3) is 0 Å². The number of ether oxygens (including phenoxy) is 2. The van der Waals surface area contributed by atoms with Gasteiger partial charge in [-0.1, -0.05) is 23.8 Å². The molecule has 1 N–H and O–H groups in total. The van der Waals surface area contributed by atoms with Gasteiger partial charge in [0.2, 0.25) is 0 Å². The van der Waals surface area contributed by atoms with E-state index in [1.807, 2.05) is 26.0 Å². The number of benzene rings is 1. The number of carbonyl (C=O) groups is 1. The maximum atomic E-state index is 12.3. The molecule has 0 saturated carbocycles. The van der Waals surface area contributed by atoms with Crippen LogP contribution in [0.1, 0.15) is 42.5 Å². The van der Waals surface area contributed by atoms with Crippen molar-refractivity contribution in [2.45, 2.75) is 45.8 Å². The summed E-state index contributed by atoms with van der Waals surface area (Å²) >= 11 is 0. The van der Waals surface area contributed by atoms with Crippen LogP contribution in [0.5, 0.6) is 0 Å². The Morgan fingerprint density at radius 3 is 2.90 bits per heavy atom. The fourth-order valence-electron chi connectivity index (χ4n) is 2.75. The Labute approximate surface area is 126 Å². The minimum atomic E-state index is -0.422. The normalized spacial score (nSPS) is 19.5. The topological polar surface area (TPSA) is 47.6 Å². The minimum absolute atomic E-state index is 0.202. The second-order valence-electron chi connectivity index (χ2n) is 5.59. The van der Waals surface area contributed by atoms with Crippen LogP contribution in [-0.2, 0) is 14.3 Å². The molecule has 116 valence electrons. The first-order valence-electron chi connectivity index (χ1n) is 7.70. The first kappa shape index (κ1) is 16.0. The van der Waals surface area contributed by atoms with Crippen molar-refractivity contribution in [3.63, 3.8) is 0 Å². The van der Waals surface area contributed by atoms with Gasteiger partial charge >= 0.3 is 5.97 Å². The lowest BCUT2D eigenvalue weighted by atomic mass is 9.99. The number of nitrogens with one attached hydrogen (secondary N) is 1.